The molecule has 3 nitrogen and oxygen atoms in total. The van der Waals surface area contributed by atoms with E-state index in [4.69, 9.17) is 5.73 Å². The average Bonchev–Trinajstić information content (AvgIpc) is 2.29. The van der Waals surface area contributed by atoms with Crippen molar-refractivity contribution in [1.29, 1.82) is 0 Å². The van der Waals surface area contributed by atoms with Crippen LogP contribution in [0.1, 0.15) is 53.4 Å². The largest absolute Gasteiger partial charge is 0.342 e. The van der Waals surface area contributed by atoms with E-state index in [1.807, 2.05) is 4.90 Å². The van der Waals surface area contributed by atoms with Crippen molar-refractivity contribution in [3.63, 3.8) is 0 Å². The summed E-state index contributed by atoms with van der Waals surface area (Å²) in [6.07, 6.45) is 3.83. The molecule has 1 fully saturated rings. The second kappa shape index (κ2) is 5.85. The van der Waals surface area contributed by atoms with Gasteiger partial charge in [0.2, 0.25) is 5.91 Å². The summed E-state index contributed by atoms with van der Waals surface area (Å²) < 4.78 is 0. The van der Waals surface area contributed by atoms with E-state index in [2.05, 4.69) is 27.7 Å². The third-order valence-electron chi connectivity index (χ3n) is 4.28. The number of likely N-dealkylation sites (tertiary alicyclic amines) is 1. The Morgan fingerprint density at radius 2 is 2.00 bits per heavy atom. The topological polar surface area (TPSA) is 46.3 Å². The first kappa shape index (κ1) is 14.5. The number of nitrogens with two attached hydrogens (primary N) is 1. The number of rotatable bonds is 4. The molecule has 1 aliphatic rings. The van der Waals surface area contributed by atoms with E-state index >= 15 is 0 Å². The first-order valence-electron chi connectivity index (χ1n) is 6.94. The van der Waals surface area contributed by atoms with E-state index in [1.54, 1.807) is 0 Å². The Morgan fingerprint density at radius 1 is 1.41 bits per heavy atom. The molecule has 0 radical (unpaired) electrons. The summed E-state index contributed by atoms with van der Waals surface area (Å²) in [6.45, 7) is 10.3. The van der Waals surface area contributed by atoms with Crippen molar-refractivity contribution in [2.75, 3.05) is 13.1 Å². The number of piperidine rings is 1. The zero-order valence-electron chi connectivity index (χ0n) is 11.8. The van der Waals surface area contributed by atoms with Crippen LogP contribution >= 0.6 is 0 Å². The Labute approximate surface area is 106 Å². The molecule has 1 saturated heterocycles. The van der Waals surface area contributed by atoms with Gasteiger partial charge in [-0.1, -0.05) is 40.5 Å². The molecule has 0 spiro atoms. The average molecular weight is 240 g/mol. The maximum Gasteiger partial charge on any atom is 0.222 e. The highest BCUT2D eigenvalue weighted by Crippen LogP contribution is 2.28. The second-order valence-corrected chi connectivity index (χ2v) is 6.09. The van der Waals surface area contributed by atoms with Gasteiger partial charge >= 0.3 is 0 Å². The van der Waals surface area contributed by atoms with Crippen LogP contribution in [0.25, 0.3) is 0 Å². The predicted molar refractivity (Wildman–Crippen MR) is 71.6 cm³/mol. The fraction of sp³-hybridized carbons (Fsp3) is 0.929. The molecule has 1 heterocycles. The molecule has 0 aromatic carbocycles. The minimum Gasteiger partial charge on any atom is -0.342 e. The minimum absolute atomic E-state index is 0.0574. The van der Waals surface area contributed by atoms with Crippen molar-refractivity contribution in [1.82, 2.24) is 4.90 Å². The van der Waals surface area contributed by atoms with Gasteiger partial charge in [0.15, 0.2) is 0 Å². The molecular formula is C14H28N2O. The van der Waals surface area contributed by atoms with E-state index in [0.717, 1.165) is 32.4 Å². The second-order valence-electron chi connectivity index (χ2n) is 6.09. The van der Waals surface area contributed by atoms with Gasteiger partial charge in [-0.05, 0) is 17.8 Å². The molecule has 1 atom stereocenters. The summed E-state index contributed by atoms with van der Waals surface area (Å²) in [5, 5.41) is 0. The standard InChI is InChI=1S/C14H28N2O/c1-5-11(6-2)9-13(17)16-8-7-12(15)14(3,4)10-16/h11-12H,5-10,15H2,1-4H3. The van der Waals surface area contributed by atoms with Crippen LogP contribution in [0.5, 0.6) is 0 Å². The van der Waals surface area contributed by atoms with Crippen molar-refractivity contribution in [2.24, 2.45) is 17.1 Å². The van der Waals surface area contributed by atoms with E-state index < -0.39 is 0 Å². The third-order valence-corrected chi connectivity index (χ3v) is 4.28. The SMILES string of the molecule is CCC(CC)CC(=O)N1CCC(N)C(C)(C)C1. The van der Waals surface area contributed by atoms with Crippen molar-refractivity contribution < 1.29 is 4.79 Å². The lowest BCUT2D eigenvalue weighted by Gasteiger charge is -2.43. The van der Waals surface area contributed by atoms with Gasteiger partial charge in [0.25, 0.3) is 0 Å². The molecular weight excluding hydrogens is 212 g/mol. The molecule has 3 heteroatoms. The van der Waals surface area contributed by atoms with Gasteiger partial charge in [0, 0.05) is 25.6 Å². The molecule has 0 aromatic rings. The highest BCUT2D eigenvalue weighted by atomic mass is 16.2. The van der Waals surface area contributed by atoms with Crippen molar-refractivity contribution in [3.05, 3.63) is 0 Å². The Morgan fingerprint density at radius 3 is 2.47 bits per heavy atom. The maximum absolute atomic E-state index is 12.2. The summed E-state index contributed by atoms with van der Waals surface area (Å²) in [6, 6.07) is 0.222. The molecule has 0 aromatic heterocycles. The summed E-state index contributed by atoms with van der Waals surface area (Å²) in [5.74, 6) is 0.861. The van der Waals surface area contributed by atoms with Crippen LogP contribution in [0.15, 0.2) is 0 Å². The number of carbonyl (C=O) groups is 1. The van der Waals surface area contributed by atoms with Crippen LogP contribution < -0.4 is 5.73 Å². The van der Waals surface area contributed by atoms with Crippen LogP contribution in [0.3, 0.4) is 0 Å². The highest BCUT2D eigenvalue weighted by Gasteiger charge is 2.35. The Hall–Kier alpha value is -0.570. The number of carbonyl (C=O) groups excluding carboxylic acids is 1. The van der Waals surface area contributed by atoms with Crippen LogP contribution in [0, 0.1) is 11.3 Å². The lowest BCUT2D eigenvalue weighted by Crippen LogP contribution is -2.54. The summed E-state index contributed by atoms with van der Waals surface area (Å²) in [4.78, 5) is 14.2. The molecule has 1 unspecified atom stereocenters. The zero-order chi connectivity index (χ0) is 13.1. The summed E-state index contributed by atoms with van der Waals surface area (Å²) in [7, 11) is 0. The van der Waals surface area contributed by atoms with Gasteiger partial charge in [0.1, 0.15) is 0 Å². The molecule has 100 valence electrons. The Balaban J connectivity index is 2.53. The Kier molecular flexibility index (Phi) is 4.99. The van der Waals surface area contributed by atoms with Crippen molar-refractivity contribution in [3.8, 4) is 0 Å². The molecule has 2 N–H and O–H groups in total. The van der Waals surface area contributed by atoms with Gasteiger partial charge in [-0.2, -0.15) is 0 Å². The van der Waals surface area contributed by atoms with Gasteiger partial charge in [0.05, 0.1) is 0 Å². The smallest absolute Gasteiger partial charge is 0.222 e. The van der Waals surface area contributed by atoms with E-state index in [1.165, 1.54) is 0 Å². The quantitative estimate of drug-likeness (QED) is 0.820. The third kappa shape index (κ3) is 3.70. The Bertz CT molecular complexity index is 259. The van der Waals surface area contributed by atoms with E-state index in [0.29, 0.717) is 18.2 Å². The van der Waals surface area contributed by atoms with Gasteiger partial charge in [-0.15, -0.1) is 0 Å². The maximum atomic E-state index is 12.2. The molecule has 0 aliphatic carbocycles. The molecule has 1 aliphatic heterocycles. The zero-order valence-corrected chi connectivity index (χ0v) is 11.8. The van der Waals surface area contributed by atoms with E-state index in [9.17, 15) is 4.79 Å². The lowest BCUT2D eigenvalue weighted by molar-refractivity contribution is -0.135. The van der Waals surface area contributed by atoms with Crippen LogP contribution in [-0.4, -0.2) is 29.9 Å². The number of hydrogen-bond acceptors (Lipinski definition) is 2. The molecule has 1 amide bonds. The fourth-order valence-corrected chi connectivity index (χ4v) is 2.54. The van der Waals surface area contributed by atoms with Crippen LogP contribution in [0.4, 0.5) is 0 Å². The minimum atomic E-state index is 0.0574. The number of amides is 1. The number of nitrogens with zero attached hydrogens (tertiary/aromatic N) is 1. The summed E-state index contributed by atoms with van der Waals surface area (Å²) >= 11 is 0. The van der Waals surface area contributed by atoms with Gasteiger partial charge in [-0.25, -0.2) is 0 Å². The van der Waals surface area contributed by atoms with Gasteiger partial charge in [-0.3, -0.25) is 4.79 Å². The lowest BCUT2D eigenvalue weighted by atomic mass is 9.79. The number of hydrogen-bond donors (Lipinski definition) is 1. The van der Waals surface area contributed by atoms with E-state index in [-0.39, 0.29) is 11.5 Å². The highest BCUT2D eigenvalue weighted by molar-refractivity contribution is 5.76. The first-order valence-corrected chi connectivity index (χ1v) is 6.94. The van der Waals surface area contributed by atoms with Crippen LogP contribution in [-0.2, 0) is 4.79 Å². The van der Waals surface area contributed by atoms with Gasteiger partial charge < -0.3 is 10.6 Å². The fourth-order valence-electron chi connectivity index (χ4n) is 2.54. The molecule has 0 saturated carbocycles. The normalized spacial score (nSPS) is 24.1. The predicted octanol–water partition coefficient (Wildman–Crippen LogP) is 2.40. The van der Waals surface area contributed by atoms with Crippen LogP contribution in [0.2, 0.25) is 0 Å². The molecule has 17 heavy (non-hydrogen) atoms. The van der Waals surface area contributed by atoms with Crippen molar-refractivity contribution in [2.45, 2.75) is 59.4 Å². The van der Waals surface area contributed by atoms with Crippen molar-refractivity contribution >= 4 is 5.91 Å². The molecule has 0 bridgehead atoms. The summed E-state index contributed by atoms with van der Waals surface area (Å²) in [5.41, 5.74) is 6.15. The first-order chi connectivity index (χ1) is 7.90. The molecule has 1 rings (SSSR count). The monoisotopic (exact) mass is 240 g/mol.